The molecule has 0 radical (unpaired) electrons. The average Bonchev–Trinajstić information content (AvgIpc) is 3.08. The second kappa shape index (κ2) is 5.95. The standard InChI is InChI=1S/C16H22N4O/c1-11-3-5-14(6-4-11)16-19-18-15(21-16)10-20-9-13(8-17)7-12(20)2/h3-6,12-13H,7-10,17H2,1-2H3. The lowest BCUT2D eigenvalue weighted by molar-refractivity contribution is 0.230. The Morgan fingerprint density at radius 3 is 2.71 bits per heavy atom. The molecule has 1 aliphatic rings. The molecule has 1 aliphatic heterocycles. The van der Waals surface area contributed by atoms with E-state index < -0.39 is 0 Å². The molecule has 1 fully saturated rings. The van der Waals surface area contributed by atoms with Crippen LogP contribution in [-0.4, -0.2) is 34.2 Å². The molecule has 1 saturated heterocycles. The van der Waals surface area contributed by atoms with Crippen molar-refractivity contribution in [2.75, 3.05) is 13.1 Å². The second-order valence-electron chi connectivity index (χ2n) is 5.98. The first-order valence-corrected chi connectivity index (χ1v) is 7.49. The zero-order valence-electron chi connectivity index (χ0n) is 12.6. The van der Waals surface area contributed by atoms with E-state index in [0.717, 1.165) is 25.1 Å². The van der Waals surface area contributed by atoms with Crippen molar-refractivity contribution in [1.29, 1.82) is 0 Å². The molecule has 2 unspecified atom stereocenters. The van der Waals surface area contributed by atoms with E-state index in [9.17, 15) is 0 Å². The molecule has 0 amide bonds. The van der Waals surface area contributed by atoms with Crippen molar-refractivity contribution in [3.05, 3.63) is 35.7 Å². The van der Waals surface area contributed by atoms with Crippen LogP contribution in [0.5, 0.6) is 0 Å². The molecule has 21 heavy (non-hydrogen) atoms. The van der Waals surface area contributed by atoms with Crippen LogP contribution in [0.2, 0.25) is 0 Å². The lowest BCUT2D eigenvalue weighted by Gasteiger charge is -2.18. The van der Waals surface area contributed by atoms with Gasteiger partial charge in [0.05, 0.1) is 6.54 Å². The number of aromatic nitrogens is 2. The van der Waals surface area contributed by atoms with Crippen LogP contribution in [0, 0.1) is 12.8 Å². The van der Waals surface area contributed by atoms with Crippen molar-refractivity contribution in [2.45, 2.75) is 32.9 Å². The number of likely N-dealkylation sites (tertiary alicyclic amines) is 1. The van der Waals surface area contributed by atoms with Crippen LogP contribution in [0.4, 0.5) is 0 Å². The molecule has 2 aromatic rings. The van der Waals surface area contributed by atoms with Gasteiger partial charge >= 0.3 is 0 Å². The third-order valence-electron chi connectivity index (χ3n) is 4.23. The maximum Gasteiger partial charge on any atom is 0.247 e. The molecule has 2 N–H and O–H groups in total. The highest BCUT2D eigenvalue weighted by Gasteiger charge is 2.29. The number of aryl methyl sites for hydroxylation is 1. The van der Waals surface area contributed by atoms with E-state index >= 15 is 0 Å². The molecule has 1 aromatic heterocycles. The van der Waals surface area contributed by atoms with Gasteiger partial charge in [0, 0.05) is 18.2 Å². The highest BCUT2D eigenvalue weighted by atomic mass is 16.4. The third-order valence-corrected chi connectivity index (χ3v) is 4.23. The summed E-state index contributed by atoms with van der Waals surface area (Å²) in [5.41, 5.74) is 7.95. The Bertz CT molecular complexity index is 593. The summed E-state index contributed by atoms with van der Waals surface area (Å²) in [6.07, 6.45) is 1.15. The molecule has 0 aliphatic carbocycles. The lowest BCUT2D eigenvalue weighted by atomic mass is 10.1. The normalized spacial score (nSPS) is 22.8. The van der Waals surface area contributed by atoms with Gasteiger partial charge in [-0.1, -0.05) is 17.7 Å². The Hall–Kier alpha value is -1.72. The van der Waals surface area contributed by atoms with E-state index in [-0.39, 0.29) is 0 Å². The summed E-state index contributed by atoms with van der Waals surface area (Å²) in [7, 11) is 0. The van der Waals surface area contributed by atoms with Crippen molar-refractivity contribution >= 4 is 0 Å². The van der Waals surface area contributed by atoms with Crippen LogP contribution in [0.25, 0.3) is 11.5 Å². The Balaban J connectivity index is 1.69. The summed E-state index contributed by atoms with van der Waals surface area (Å²) < 4.78 is 5.79. The SMILES string of the molecule is Cc1ccc(-c2nnc(CN3CC(CN)CC3C)o2)cc1. The van der Waals surface area contributed by atoms with Gasteiger partial charge in [-0.25, -0.2) is 0 Å². The van der Waals surface area contributed by atoms with E-state index in [4.69, 9.17) is 10.2 Å². The largest absolute Gasteiger partial charge is 0.419 e. The molecule has 1 aromatic carbocycles. The molecule has 0 spiro atoms. The van der Waals surface area contributed by atoms with Gasteiger partial charge in [-0.15, -0.1) is 10.2 Å². The van der Waals surface area contributed by atoms with E-state index in [0.29, 0.717) is 30.3 Å². The van der Waals surface area contributed by atoms with Crippen molar-refractivity contribution < 1.29 is 4.42 Å². The van der Waals surface area contributed by atoms with Crippen LogP contribution in [0.15, 0.2) is 28.7 Å². The average molecular weight is 286 g/mol. The van der Waals surface area contributed by atoms with E-state index in [1.165, 1.54) is 5.56 Å². The fraction of sp³-hybridized carbons (Fsp3) is 0.500. The molecular weight excluding hydrogens is 264 g/mol. The summed E-state index contributed by atoms with van der Waals surface area (Å²) >= 11 is 0. The lowest BCUT2D eigenvalue weighted by Crippen LogP contribution is -2.27. The van der Waals surface area contributed by atoms with Gasteiger partial charge in [0.15, 0.2) is 0 Å². The van der Waals surface area contributed by atoms with E-state index in [2.05, 4.69) is 28.9 Å². The molecule has 112 valence electrons. The summed E-state index contributed by atoms with van der Waals surface area (Å²) in [6, 6.07) is 8.64. The molecule has 2 atom stereocenters. The molecule has 5 heteroatoms. The predicted molar refractivity (Wildman–Crippen MR) is 81.5 cm³/mol. The van der Waals surface area contributed by atoms with E-state index in [1.54, 1.807) is 0 Å². The first-order chi connectivity index (χ1) is 10.2. The summed E-state index contributed by atoms with van der Waals surface area (Å²) in [5.74, 6) is 1.85. The summed E-state index contributed by atoms with van der Waals surface area (Å²) in [6.45, 7) is 6.76. The van der Waals surface area contributed by atoms with Crippen molar-refractivity contribution in [3.8, 4) is 11.5 Å². The molecular formula is C16H22N4O. The van der Waals surface area contributed by atoms with Crippen molar-refractivity contribution in [1.82, 2.24) is 15.1 Å². The number of nitrogens with two attached hydrogens (primary N) is 1. The van der Waals surface area contributed by atoms with Crippen LogP contribution in [-0.2, 0) is 6.54 Å². The zero-order valence-corrected chi connectivity index (χ0v) is 12.6. The molecule has 0 saturated carbocycles. The molecule has 5 nitrogen and oxygen atoms in total. The highest BCUT2D eigenvalue weighted by molar-refractivity contribution is 5.52. The van der Waals surface area contributed by atoms with E-state index in [1.807, 2.05) is 24.3 Å². The monoisotopic (exact) mass is 286 g/mol. The van der Waals surface area contributed by atoms with Crippen LogP contribution >= 0.6 is 0 Å². The second-order valence-corrected chi connectivity index (χ2v) is 5.98. The van der Waals surface area contributed by atoms with Gasteiger partial charge in [-0.2, -0.15) is 0 Å². The predicted octanol–water partition coefficient (Wildman–Crippen LogP) is 2.21. The smallest absolute Gasteiger partial charge is 0.247 e. The van der Waals surface area contributed by atoms with Crippen LogP contribution in [0.1, 0.15) is 24.8 Å². The van der Waals surface area contributed by atoms with Gasteiger partial charge in [0.2, 0.25) is 11.8 Å². The van der Waals surface area contributed by atoms with Crippen LogP contribution < -0.4 is 5.73 Å². The third kappa shape index (κ3) is 3.14. The molecule has 0 bridgehead atoms. The van der Waals surface area contributed by atoms with Gasteiger partial charge in [-0.05, 0) is 44.9 Å². The minimum atomic E-state index is 0.522. The fourth-order valence-corrected chi connectivity index (χ4v) is 2.91. The number of rotatable bonds is 4. The first-order valence-electron chi connectivity index (χ1n) is 7.49. The Kier molecular flexibility index (Phi) is 4.03. The van der Waals surface area contributed by atoms with Gasteiger partial charge < -0.3 is 10.2 Å². The number of hydrogen-bond acceptors (Lipinski definition) is 5. The number of hydrogen-bond donors (Lipinski definition) is 1. The summed E-state index contributed by atoms with van der Waals surface area (Å²) in [4.78, 5) is 2.37. The first kappa shape index (κ1) is 14.2. The maximum absolute atomic E-state index is 5.79. The molecule has 2 heterocycles. The maximum atomic E-state index is 5.79. The van der Waals surface area contributed by atoms with Crippen LogP contribution in [0.3, 0.4) is 0 Å². The van der Waals surface area contributed by atoms with Gasteiger partial charge in [-0.3, -0.25) is 4.90 Å². The van der Waals surface area contributed by atoms with Crippen molar-refractivity contribution in [2.24, 2.45) is 11.7 Å². The fourth-order valence-electron chi connectivity index (χ4n) is 2.91. The topological polar surface area (TPSA) is 68.2 Å². The minimum absolute atomic E-state index is 0.522. The zero-order chi connectivity index (χ0) is 14.8. The van der Waals surface area contributed by atoms with Gasteiger partial charge in [0.25, 0.3) is 0 Å². The quantitative estimate of drug-likeness (QED) is 0.933. The highest BCUT2D eigenvalue weighted by Crippen LogP contribution is 2.25. The number of nitrogens with zero attached hydrogens (tertiary/aromatic N) is 3. The Morgan fingerprint density at radius 1 is 1.29 bits per heavy atom. The summed E-state index contributed by atoms with van der Waals surface area (Å²) in [5, 5.41) is 8.33. The van der Waals surface area contributed by atoms with Gasteiger partial charge in [0.1, 0.15) is 0 Å². The Labute approximate surface area is 125 Å². The Morgan fingerprint density at radius 2 is 2.05 bits per heavy atom. The number of benzene rings is 1. The molecule has 3 rings (SSSR count). The van der Waals surface area contributed by atoms with Crippen molar-refractivity contribution in [3.63, 3.8) is 0 Å². The minimum Gasteiger partial charge on any atom is -0.419 e.